The summed E-state index contributed by atoms with van der Waals surface area (Å²) in [7, 11) is 0. The number of fused-ring (bicyclic) bond motifs is 1. The number of aromatic carboxylic acids is 1. The zero-order valence-electron chi connectivity index (χ0n) is 9.02. The van der Waals surface area contributed by atoms with Crippen molar-refractivity contribution in [2.24, 2.45) is 0 Å². The van der Waals surface area contributed by atoms with Crippen LogP contribution in [0, 0.1) is 0 Å². The maximum Gasteiger partial charge on any atom is 0.335 e. The van der Waals surface area contributed by atoms with Gasteiger partial charge in [0.1, 0.15) is 19.0 Å². The molecule has 0 bridgehead atoms. The number of benzene rings is 2. The van der Waals surface area contributed by atoms with Crippen LogP contribution in [-0.4, -0.2) is 24.4 Å². The largest absolute Gasteiger partial charge is 0.491 e. The van der Waals surface area contributed by atoms with Crippen LogP contribution in [0.3, 0.4) is 0 Å². The molecule has 0 heterocycles. The minimum absolute atomic E-state index is 0.0265. The van der Waals surface area contributed by atoms with Crippen molar-refractivity contribution in [2.45, 2.75) is 0 Å². The second kappa shape index (κ2) is 4.82. The zero-order valence-corrected chi connectivity index (χ0v) is 9.02. The Morgan fingerprint density at radius 3 is 2.59 bits per heavy atom. The molecule has 1 N–H and O–H groups in total. The first-order chi connectivity index (χ1) is 8.20. The number of carboxylic acid groups (broad SMARTS) is 1. The lowest BCUT2D eigenvalue weighted by Gasteiger charge is -2.05. The summed E-state index contributed by atoms with van der Waals surface area (Å²) in [5.41, 5.74) is 0.245. The molecule has 2 aromatic rings. The molecule has 0 unspecified atom stereocenters. The molecule has 0 amide bonds. The molecule has 88 valence electrons. The molecule has 3 nitrogen and oxygen atoms in total. The Bertz CT molecular complexity index is 551. The SMILES string of the molecule is O=C(O)c1ccc2cc(OCCF)ccc2c1. The molecule has 17 heavy (non-hydrogen) atoms. The van der Waals surface area contributed by atoms with E-state index in [-0.39, 0.29) is 12.2 Å². The van der Waals surface area contributed by atoms with Crippen molar-refractivity contribution in [3.05, 3.63) is 42.0 Å². The van der Waals surface area contributed by atoms with Crippen LogP contribution in [0.4, 0.5) is 4.39 Å². The number of rotatable bonds is 4. The molecule has 2 aromatic carbocycles. The lowest BCUT2D eigenvalue weighted by Crippen LogP contribution is -1.98. The standard InChI is InChI=1S/C13H11FO3/c14-5-6-17-12-4-3-9-7-11(13(15)16)2-1-10(9)8-12/h1-4,7-8H,5-6H2,(H,15,16). The second-order valence-electron chi connectivity index (χ2n) is 3.57. The second-order valence-corrected chi connectivity index (χ2v) is 3.57. The fourth-order valence-corrected chi connectivity index (χ4v) is 1.60. The number of carbonyl (C=O) groups is 1. The van der Waals surface area contributed by atoms with Gasteiger partial charge in [0.2, 0.25) is 0 Å². The molecule has 0 aromatic heterocycles. The lowest BCUT2D eigenvalue weighted by molar-refractivity contribution is 0.0697. The number of halogens is 1. The number of carboxylic acids is 1. The highest BCUT2D eigenvalue weighted by Gasteiger charge is 2.04. The molecule has 0 saturated heterocycles. The van der Waals surface area contributed by atoms with Gasteiger partial charge in [0.25, 0.3) is 0 Å². The van der Waals surface area contributed by atoms with Crippen LogP contribution in [0.5, 0.6) is 5.75 Å². The van der Waals surface area contributed by atoms with Crippen molar-refractivity contribution in [3.63, 3.8) is 0 Å². The Morgan fingerprint density at radius 2 is 1.88 bits per heavy atom. The number of hydrogen-bond acceptors (Lipinski definition) is 2. The molecule has 0 radical (unpaired) electrons. The van der Waals surface area contributed by atoms with E-state index in [4.69, 9.17) is 9.84 Å². The summed E-state index contributed by atoms with van der Waals surface area (Å²) in [6.07, 6.45) is 0. The quantitative estimate of drug-likeness (QED) is 0.884. The Kier molecular flexibility index (Phi) is 3.23. The molecule has 0 atom stereocenters. The fraction of sp³-hybridized carbons (Fsp3) is 0.154. The normalized spacial score (nSPS) is 10.4. The highest BCUT2D eigenvalue weighted by molar-refractivity contribution is 5.94. The summed E-state index contributed by atoms with van der Waals surface area (Å²) in [5, 5.41) is 10.5. The van der Waals surface area contributed by atoms with Crippen molar-refractivity contribution in [3.8, 4) is 5.75 Å². The summed E-state index contributed by atoms with van der Waals surface area (Å²) < 4.78 is 17.1. The first-order valence-electron chi connectivity index (χ1n) is 5.16. The van der Waals surface area contributed by atoms with Crippen molar-refractivity contribution in [2.75, 3.05) is 13.3 Å². The maximum absolute atomic E-state index is 11.9. The fourth-order valence-electron chi connectivity index (χ4n) is 1.60. The van der Waals surface area contributed by atoms with Gasteiger partial charge in [-0.3, -0.25) is 0 Å². The van der Waals surface area contributed by atoms with E-state index < -0.39 is 12.6 Å². The summed E-state index contributed by atoms with van der Waals surface area (Å²) in [5.74, 6) is -0.372. The van der Waals surface area contributed by atoms with Crippen molar-refractivity contribution in [1.82, 2.24) is 0 Å². The predicted molar refractivity (Wildman–Crippen MR) is 62.4 cm³/mol. The first-order valence-corrected chi connectivity index (χ1v) is 5.16. The van der Waals surface area contributed by atoms with Gasteiger partial charge in [-0.2, -0.15) is 0 Å². The van der Waals surface area contributed by atoms with E-state index in [2.05, 4.69) is 0 Å². The van der Waals surface area contributed by atoms with Crippen LogP contribution in [0.15, 0.2) is 36.4 Å². The monoisotopic (exact) mass is 234 g/mol. The van der Waals surface area contributed by atoms with Crippen LogP contribution < -0.4 is 4.74 Å². The van der Waals surface area contributed by atoms with Gasteiger partial charge < -0.3 is 9.84 Å². The van der Waals surface area contributed by atoms with Gasteiger partial charge in [-0.25, -0.2) is 9.18 Å². The Balaban J connectivity index is 2.36. The smallest absolute Gasteiger partial charge is 0.335 e. The number of alkyl halides is 1. The predicted octanol–water partition coefficient (Wildman–Crippen LogP) is 2.89. The van der Waals surface area contributed by atoms with Crippen molar-refractivity contribution >= 4 is 16.7 Å². The van der Waals surface area contributed by atoms with E-state index in [1.807, 2.05) is 0 Å². The maximum atomic E-state index is 11.9. The topological polar surface area (TPSA) is 46.5 Å². The third-order valence-electron chi connectivity index (χ3n) is 2.40. The molecule has 2 rings (SSSR count). The van der Waals surface area contributed by atoms with E-state index in [9.17, 15) is 9.18 Å². The van der Waals surface area contributed by atoms with E-state index >= 15 is 0 Å². The highest BCUT2D eigenvalue weighted by Crippen LogP contribution is 2.22. The average molecular weight is 234 g/mol. The summed E-state index contributed by atoms with van der Waals surface area (Å²) in [4.78, 5) is 10.8. The van der Waals surface area contributed by atoms with Crippen LogP contribution in [0.25, 0.3) is 10.8 Å². The van der Waals surface area contributed by atoms with Crippen molar-refractivity contribution < 1.29 is 19.0 Å². The van der Waals surface area contributed by atoms with Gasteiger partial charge in [-0.1, -0.05) is 12.1 Å². The Labute approximate surface area is 97.4 Å². The highest BCUT2D eigenvalue weighted by atomic mass is 19.1. The lowest BCUT2D eigenvalue weighted by atomic mass is 10.1. The molecular formula is C13H11FO3. The Morgan fingerprint density at radius 1 is 1.18 bits per heavy atom. The summed E-state index contributed by atoms with van der Waals surface area (Å²) in [6, 6.07) is 10.1. The van der Waals surface area contributed by atoms with Crippen LogP contribution in [0.2, 0.25) is 0 Å². The first kappa shape index (κ1) is 11.4. The molecule has 0 spiro atoms. The van der Waals surface area contributed by atoms with Crippen LogP contribution in [-0.2, 0) is 0 Å². The van der Waals surface area contributed by atoms with E-state index in [0.29, 0.717) is 5.75 Å². The van der Waals surface area contributed by atoms with Crippen molar-refractivity contribution in [1.29, 1.82) is 0 Å². The van der Waals surface area contributed by atoms with Gasteiger partial charge in [0.15, 0.2) is 0 Å². The van der Waals surface area contributed by atoms with E-state index in [1.165, 1.54) is 6.07 Å². The zero-order chi connectivity index (χ0) is 12.3. The van der Waals surface area contributed by atoms with E-state index in [0.717, 1.165) is 10.8 Å². The minimum Gasteiger partial charge on any atom is -0.491 e. The third kappa shape index (κ3) is 2.53. The van der Waals surface area contributed by atoms with E-state index in [1.54, 1.807) is 30.3 Å². The molecule has 0 aliphatic heterocycles. The summed E-state index contributed by atoms with van der Waals surface area (Å²) in [6.45, 7) is -0.505. The molecule has 0 fully saturated rings. The summed E-state index contributed by atoms with van der Waals surface area (Å²) >= 11 is 0. The number of ether oxygens (including phenoxy) is 1. The van der Waals surface area contributed by atoms with Gasteiger partial charge in [-0.15, -0.1) is 0 Å². The molecular weight excluding hydrogens is 223 g/mol. The van der Waals surface area contributed by atoms with Gasteiger partial charge in [0, 0.05) is 0 Å². The van der Waals surface area contributed by atoms with Crippen LogP contribution >= 0.6 is 0 Å². The Hall–Kier alpha value is -2.10. The third-order valence-corrected chi connectivity index (χ3v) is 2.40. The average Bonchev–Trinajstić information content (AvgIpc) is 2.35. The van der Waals surface area contributed by atoms with Crippen LogP contribution in [0.1, 0.15) is 10.4 Å². The molecule has 0 saturated carbocycles. The number of hydrogen-bond donors (Lipinski definition) is 1. The molecule has 0 aliphatic carbocycles. The molecule has 0 aliphatic rings. The van der Waals surface area contributed by atoms with Gasteiger partial charge >= 0.3 is 5.97 Å². The molecule has 4 heteroatoms. The minimum atomic E-state index is -0.954. The van der Waals surface area contributed by atoms with Gasteiger partial charge in [0.05, 0.1) is 5.56 Å². The van der Waals surface area contributed by atoms with Gasteiger partial charge in [-0.05, 0) is 35.0 Å².